The van der Waals surface area contributed by atoms with E-state index in [2.05, 4.69) is 10.4 Å². The number of nitro groups is 1. The van der Waals surface area contributed by atoms with E-state index in [0.29, 0.717) is 11.7 Å². The van der Waals surface area contributed by atoms with Crippen LogP contribution in [0.1, 0.15) is 30.0 Å². The van der Waals surface area contributed by atoms with Crippen LogP contribution >= 0.6 is 0 Å². The Morgan fingerprint density at radius 3 is 2.67 bits per heavy atom. The molecular formula is C20H16N6O4. The van der Waals surface area contributed by atoms with Crippen molar-refractivity contribution in [3.63, 3.8) is 0 Å². The first-order valence-electron chi connectivity index (χ1n) is 9.20. The molecule has 0 radical (unpaired) electrons. The normalized spacial score (nSPS) is 12.9. The lowest BCUT2D eigenvalue weighted by molar-refractivity contribution is -0.385. The molecule has 0 bridgehead atoms. The van der Waals surface area contributed by atoms with Gasteiger partial charge in [0.15, 0.2) is 0 Å². The molecule has 1 aliphatic rings. The Labute approximate surface area is 170 Å². The first-order chi connectivity index (χ1) is 14.5. The van der Waals surface area contributed by atoms with Crippen LogP contribution in [-0.4, -0.2) is 25.2 Å². The molecule has 4 rings (SSSR count). The van der Waals surface area contributed by atoms with E-state index in [4.69, 9.17) is 5.26 Å². The van der Waals surface area contributed by atoms with Crippen molar-refractivity contribution in [3.05, 3.63) is 80.4 Å². The number of nitriles is 1. The average molecular weight is 404 g/mol. The monoisotopic (exact) mass is 404 g/mol. The number of carbonyl (C=O) groups is 1. The van der Waals surface area contributed by atoms with Crippen molar-refractivity contribution in [2.24, 2.45) is 0 Å². The summed E-state index contributed by atoms with van der Waals surface area (Å²) in [6, 6.07) is 13.6. The van der Waals surface area contributed by atoms with Gasteiger partial charge in [0.2, 0.25) is 5.91 Å². The largest absolute Gasteiger partial charge is 0.309 e. The van der Waals surface area contributed by atoms with E-state index >= 15 is 0 Å². The van der Waals surface area contributed by atoms with E-state index in [9.17, 15) is 19.7 Å². The molecule has 0 aliphatic heterocycles. The minimum atomic E-state index is -0.770. The molecular weight excluding hydrogens is 388 g/mol. The zero-order valence-corrected chi connectivity index (χ0v) is 15.7. The van der Waals surface area contributed by atoms with Gasteiger partial charge in [-0.15, -0.1) is 0 Å². The van der Waals surface area contributed by atoms with Crippen LogP contribution in [0.5, 0.6) is 0 Å². The molecule has 2 aromatic heterocycles. The summed E-state index contributed by atoms with van der Waals surface area (Å²) in [6.07, 6.45) is 3.03. The van der Waals surface area contributed by atoms with Crippen LogP contribution in [0.3, 0.4) is 0 Å². The number of carbonyl (C=O) groups excluding carboxylic acids is 1. The van der Waals surface area contributed by atoms with Crippen LogP contribution < -0.4 is 10.9 Å². The molecule has 1 amide bonds. The summed E-state index contributed by atoms with van der Waals surface area (Å²) >= 11 is 0. The second-order valence-electron chi connectivity index (χ2n) is 6.94. The molecule has 0 unspecified atom stereocenters. The average Bonchev–Trinajstić information content (AvgIpc) is 3.50. The highest BCUT2D eigenvalue weighted by atomic mass is 16.6. The lowest BCUT2D eigenvalue weighted by atomic mass is 10.2. The molecule has 10 nitrogen and oxygen atoms in total. The number of hydrogen-bond donors (Lipinski definition) is 1. The van der Waals surface area contributed by atoms with E-state index in [0.717, 1.165) is 41.1 Å². The molecule has 3 aromatic rings. The third-order valence-electron chi connectivity index (χ3n) is 4.71. The van der Waals surface area contributed by atoms with Gasteiger partial charge in [0.1, 0.15) is 24.0 Å². The SMILES string of the molecule is N#Cc1cc([N+](=O)[O-])cn(CC(=O)Nc2cc(C3CC3)nn2-c2ccccc2)c1=O. The first-order valence-corrected chi connectivity index (χ1v) is 9.20. The lowest BCUT2D eigenvalue weighted by Crippen LogP contribution is -2.29. The maximum Gasteiger partial charge on any atom is 0.287 e. The molecule has 30 heavy (non-hydrogen) atoms. The first kappa shape index (κ1) is 19.1. The molecule has 0 spiro atoms. The highest BCUT2D eigenvalue weighted by Gasteiger charge is 2.28. The number of rotatable bonds is 6. The van der Waals surface area contributed by atoms with Gasteiger partial charge in [-0.1, -0.05) is 18.2 Å². The van der Waals surface area contributed by atoms with Crippen LogP contribution in [-0.2, 0) is 11.3 Å². The number of aromatic nitrogens is 3. The Morgan fingerprint density at radius 1 is 1.30 bits per heavy atom. The predicted octanol–water partition coefficient (Wildman–Crippen LogP) is 2.33. The Hall–Kier alpha value is -4.26. The Morgan fingerprint density at radius 2 is 2.03 bits per heavy atom. The molecule has 1 saturated carbocycles. The number of pyridine rings is 1. The minimum Gasteiger partial charge on any atom is -0.309 e. The summed E-state index contributed by atoms with van der Waals surface area (Å²) in [7, 11) is 0. The van der Waals surface area contributed by atoms with Crippen molar-refractivity contribution in [1.29, 1.82) is 5.26 Å². The molecule has 1 aliphatic carbocycles. The summed E-state index contributed by atoms with van der Waals surface area (Å²) in [5.74, 6) is 0.233. The minimum absolute atomic E-state index is 0.364. The molecule has 1 fully saturated rings. The van der Waals surface area contributed by atoms with E-state index in [1.54, 1.807) is 16.8 Å². The highest BCUT2D eigenvalue weighted by molar-refractivity contribution is 5.90. The van der Waals surface area contributed by atoms with Crippen molar-refractivity contribution >= 4 is 17.4 Å². The van der Waals surface area contributed by atoms with Crippen LogP contribution in [0, 0.1) is 21.4 Å². The van der Waals surface area contributed by atoms with Crippen molar-refractivity contribution < 1.29 is 9.72 Å². The summed E-state index contributed by atoms with van der Waals surface area (Å²) in [6.45, 7) is -0.478. The second kappa shape index (κ2) is 7.63. The number of anilines is 1. The fourth-order valence-electron chi connectivity index (χ4n) is 3.09. The van der Waals surface area contributed by atoms with Gasteiger partial charge in [-0.3, -0.25) is 24.3 Å². The van der Waals surface area contributed by atoms with Crippen molar-refractivity contribution in [3.8, 4) is 11.8 Å². The van der Waals surface area contributed by atoms with Gasteiger partial charge in [-0.05, 0) is 25.0 Å². The Balaban J connectivity index is 1.63. The maximum absolute atomic E-state index is 12.6. The maximum atomic E-state index is 12.6. The summed E-state index contributed by atoms with van der Waals surface area (Å²) in [5, 5.41) is 27.4. The lowest BCUT2D eigenvalue weighted by Gasteiger charge is -2.10. The van der Waals surface area contributed by atoms with E-state index in [-0.39, 0.29) is 0 Å². The molecule has 150 valence electrons. The van der Waals surface area contributed by atoms with Crippen LogP contribution in [0.15, 0.2) is 53.5 Å². The van der Waals surface area contributed by atoms with Crippen molar-refractivity contribution in [2.75, 3.05) is 5.32 Å². The third kappa shape index (κ3) is 3.81. The van der Waals surface area contributed by atoms with Gasteiger partial charge in [0.25, 0.3) is 11.2 Å². The number of nitrogens with zero attached hydrogens (tertiary/aromatic N) is 5. The molecule has 2 heterocycles. The summed E-state index contributed by atoms with van der Waals surface area (Å²) in [4.78, 5) is 35.2. The van der Waals surface area contributed by atoms with Crippen molar-refractivity contribution in [1.82, 2.24) is 14.3 Å². The molecule has 0 saturated heterocycles. The fraction of sp³-hybridized carbons (Fsp3) is 0.200. The van der Waals surface area contributed by atoms with Gasteiger partial charge in [0, 0.05) is 18.1 Å². The Kier molecular flexibility index (Phi) is 4.85. The van der Waals surface area contributed by atoms with Gasteiger partial charge >= 0.3 is 0 Å². The number of benzene rings is 1. The number of para-hydroxylation sites is 1. The molecule has 10 heteroatoms. The van der Waals surface area contributed by atoms with Crippen molar-refractivity contribution in [2.45, 2.75) is 25.3 Å². The van der Waals surface area contributed by atoms with Crippen LogP contribution in [0.4, 0.5) is 11.5 Å². The van der Waals surface area contributed by atoms with Crippen LogP contribution in [0.2, 0.25) is 0 Å². The third-order valence-corrected chi connectivity index (χ3v) is 4.71. The van der Waals surface area contributed by atoms with Gasteiger partial charge in [-0.2, -0.15) is 10.4 Å². The molecule has 1 N–H and O–H groups in total. The topological polar surface area (TPSA) is 136 Å². The van der Waals surface area contributed by atoms with E-state index in [1.165, 1.54) is 0 Å². The standard InChI is InChI=1S/C20H16N6O4/c21-10-14-8-16(26(29)30)11-24(20(14)28)12-19(27)22-18-9-17(13-6-7-13)23-25(18)15-4-2-1-3-5-15/h1-5,8-9,11,13H,6-7,12H2,(H,22,27). The number of amides is 1. The number of hydrogen-bond acceptors (Lipinski definition) is 6. The Bertz CT molecular complexity index is 1230. The van der Waals surface area contributed by atoms with Gasteiger partial charge in [-0.25, -0.2) is 4.68 Å². The molecule has 1 aromatic carbocycles. The van der Waals surface area contributed by atoms with Crippen LogP contribution in [0.25, 0.3) is 5.69 Å². The zero-order chi connectivity index (χ0) is 21.3. The quantitative estimate of drug-likeness (QED) is 0.495. The fourth-order valence-corrected chi connectivity index (χ4v) is 3.09. The smallest absolute Gasteiger partial charge is 0.287 e. The highest BCUT2D eigenvalue weighted by Crippen LogP contribution is 2.40. The second-order valence-corrected chi connectivity index (χ2v) is 6.94. The zero-order valence-electron chi connectivity index (χ0n) is 15.7. The summed E-state index contributed by atoms with van der Waals surface area (Å²) < 4.78 is 2.47. The van der Waals surface area contributed by atoms with E-state index in [1.807, 2.05) is 30.3 Å². The van der Waals surface area contributed by atoms with Gasteiger partial charge < -0.3 is 5.32 Å². The predicted molar refractivity (Wildman–Crippen MR) is 106 cm³/mol. The number of nitrogens with one attached hydrogen (secondary N) is 1. The summed E-state index contributed by atoms with van der Waals surface area (Å²) in [5.41, 5.74) is 0.0209. The van der Waals surface area contributed by atoms with Gasteiger partial charge in [0.05, 0.1) is 22.5 Å². The van der Waals surface area contributed by atoms with E-state index < -0.39 is 34.2 Å². The molecule has 0 atom stereocenters.